The SMILES string of the molecule is NCC(F)(F)c1nc(Cn2nc(-c3ccc(Cl)cc3)n(CC(O)C(F)(F)F)c2=O)nn1-c1ccccc1Cl. The highest BCUT2D eigenvalue weighted by Crippen LogP contribution is 2.30. The van der Waals surface area contributed by atoms with Crippen molar-refractivity contribution in [1.82, 2.24) is 29.1 Å². The minimum atomic E-state index is -5.02. The van der Waals surface area contributed by atoms with Crippen molar-refractivity contribution in [2.45, 2.75) is 31.3 Å². The number of alkyl halides is 5. The van der Waals surface area contributed by atoms with Crippen molar-refractivity contribution >= 4 is 23.2 Å². The number of nitrogens with two attached hydrogens (primary N) is 1. The maximum atomic E-state index is 14.6. The van der Waals surface area contributed by atoms with Crippen LogP contribution >= 0.6 is 23.2 Å². The van der Waals surface area contributed by atoms with Crippen LogP contribution in [0.2, 0.25) is 10.0 Å². The van der Waals surface area contributed by atoms with Crippen LogP contribution in [0, 0.1) is 0 Å². The van der Waals surface area contributed by atoms with Crippen molar-refractivity contribution in [3.63, 3.8) is 0 Å². The van der Waals surface area contributed by atoms with E-state index in [1.54, 1.807) is 6.07 Å². The molecule has 2 aromatic heterocycles. The molecule has 1 unspecified atom stereocenters. The molecule has 0 radical (unpaired) electrons. The molecule has 1 atom stereocenters. The van der Waals surface area contributed by atoms with E-state index < -0.39 is 49.4 Å². The molecule has 0 saturated carbocycles. The summed E-state index contributed by atoms with van der Waals surface area (Å²) in [6, 6.07) is 11.6. The van der Waals surface area contributed by atoms with Crippen molar-refractivity contribution in [2.75, 3.05) is 6.54 Å². The maximum Gasteiger partial charge on any atom is 0.416 e. The summed E-state index contributed by atoms with van der Waals surface area (Å²) in [5.41, 5.74) is 4.43. The second-order valence-electron chi connectivity index (χ2n) is 8.06. The summed E-state index contributed by atoms with van der Waals surface area (Å²) >= 11 is 12.0. The van der Waals surface area contributed by atoms with Gasteiger partial charge < -0.3 is 10.8 Å². The van der Waals surface area contributed by atoms with E-state index >= 15 is 0 Å². The fourth-order valence-corrected chi connectivity index (χ4v) is 3.81. The lowest BCUT2D eigenvalue weighted by Gasteiger charge is -2.15. The molecule has 3 N–H and O–H groups in total. The fraction of sp³-hybridized carbons (Fsp3) is 0.273. The summed E-state index contributed by atoms with van der Waals surface area (Å²) in [4.78, 5) is 16.9. The third-order valence-electron chi connectivity index (χ3n) is 5.36. The highest BCUT2D eigenvalue weighted by atomic mass is 35.5. The number of aliphatic hydroxyl groups excluding tert-OH is 1. The van der Waals surface area contributed by atoms with Crippen LogP contribution in [0.25, 0.3) is 17.1 Å². The second-order valence-corrected chi connectivity index (χ2v) is 8.91. The lowest BCUT2D eigenvalue weighted by Crippen LogP contribution is -2.37. The van der Waals surface area contributed by atoms with Crippen LogP contribution in [0.1, 0.15) is 11.6 Å². The number of hydrogen-bond acceptors (Lipinski definition) is 6. The third-order valence-corrected chi connectivity index (χ3v) is 5.94. The van der Waals surface area contributed by atoms with Crippen LogP contribution in [-0.4, -0.2) is 53.0 Å². The smallest absolute Gasteiger partial charge is 0.382 e. The van der Waals surface area contributed by atoms with E-state index in [9.17, 15) is 31.9 Å². The number of hydrogen-bond donors (Lipinski definition) is 2. The monoisotopic (exact) mass is 577 g/mol. The summed E-state index contributed by atoms with van der Waals surface area (Å²) < 4.78 is 70.6. The Bertz CT molecular complexity index is 1500. The molecule has 0 aliphatic rings. The van der Waals surface area contributed by atoms with E-state index in [2.05, 4.69) is 15.2 Å². The molecule has 9 nitrogen and oxygen atoms in total. The minimum Gasteiger partial charge on any atom is -0.382 e. The van der Waals surface area contributed by atoms with Crippen LogP contribution in [-0.2, 0) is 19.0 Å². The van der Waals surface area contributed by atoms with Crippen molar-refractivity contribution in [1.29, 1.82) is 0 Å². The molecule has 0 aliphatic heterocycles. The van der Waals surface area contributed by atoms with Crippen LogP contribution in [0.4, 0.5) is 22.0 Å². The number of aromatic nitrogens is 6. The normalized spacial score (nSPS) is 13.2. The summed E-state index contributed by atoms with van der Waals surface area (Å²) in [6.07, 6.45) is -7.90. The Morgan fingerprint density at radius 2 is 1.66 bits per heavy atom. The molecule has 2 aromatic carbocycles. The van der Waals surface area contributed by atoms with Crippen molar-refractivity contribution in [3.05, 3.63) is 80.7 Å². The van der Waals surface area contributed by atoms with E-state index in [4.69, 9.17) is 28.9 Å². The molecule has 0 fully saturated rings. The average Bonchev–Trinajstić information content (AvgIpc) is 3.42. The van der Waals surface area contributed by atoms with Gasteiger partial charge in [0, 0.05) is 10.6 Å². The Kier molecular flexibility index (Phi) is 7.61. The van der Waals surface area contributed by atoms with Crippen LogP contribution in [0.3, 0.4) is 0 Å². The van der Waals surface area contributed by atoms with Crippen LogP contribution < -0.4 is 11.4 Å². The average molecular weight is 578 g/mol. The zero-order valence-corrected chi connectivity index (χ0v) is 20.6. The van der Waals surface area contributed by atoms with Crippen LogP contribution in [0.15, 0.2) is 53.3 Å². The number of benzene rings is 2. The molecule has 16 heteroatoms. The molecule has 0 bridgehead atoms. The zero-order chi connectivity index (χ0) is 27.8. The summed E-state index contributed by atoms with van der Waals surface area (Å²) in [5.74, 6) is -5.05. The molecular formula is C22H18Cl2F5N7O2. The summed E-state index contributed by atoms with van der Waals surface area (Å²) in [6.45, 7) is -2.88. The Labute approximate surface area is 220 Å². The highest BCUT2D eigenvalue weighted by molar-refractivity contribution is 6.32. The topological polar surface area (TPSA) is 117 Å². The van der Waals surface area contributed by atoms with Gasteiger partial charge in [0.2, 0.25) is 5.82 Å². The fourth-order valence-electron chi connectivity index (χ4n) is 3.47. The van der Waals surface area contributed by atoms with Gasteiger partial charge in [0.1, 0.15) is 6.54 Å². The number of para-hydroxylation sites is 1. The number of nitrogens with zero attached hydrogens (tertiary/aromatic N) is 6. The molecule has 0 spiro atoms. The lowest BCUT2D eigenvalue weighted by molar-refractivity contribution is -0.207. The molecule has 4 aromatic rings. The predicted molar refractivity (Wildman–Crippen MR) is 127 cm³/mol. The lowest BCUT2D eigenvalue weighted by atomic mass is 10.2. The summed E-state index contributed by atoms with van der Waals surface area (Å²) in [7, 11) is 0. The van der Waals surface area contributed by atoms with Gasteiger partial charge in [-0.3, -0.25) is 4.57 Å². The van der Waals surface area contributed by atoms with Crippen molar-refractivity contribution < 1.29 is 27.1 Å². The van der Waals surface area contributed by atoms with E-state index in [1.165, 1.54) is 42.5 Å². The second kappa shape index (κ2) is 10.4. The standard InChI is InChI=1S/C22H18Cl2F5N7O2/c23-13-7-5-12(6-8-13)18-33-35(20(38)34(18)9-16(37)22(27,28)29)10-17-31-19(21(25,26)11-30)36(32-17)15-4-2-1-3-14(15)24/h1-8,16,37H,9-11,30H2. The molecule has 0 saturated heterocycles. The largest absolute Gasteiger partial charge is 0.416 e. The van der Waals surface area contributed by atoms with Gasteiger partial charge in [-0.2, -0.15) is 22.0 Å². The third kappa shape index (κ3) is 5.57. The Hall–Kier alpha value is -3.33. The molecule has 0 amide bonds. The van der Waals surface area contributed by atoms with Crippen LogP contribution in [0.5, 0.6) is 0 Å². The molecular weight excluding hydrogens is 560 g/mol. The first kappa shape index (κ1) is 27.7. The minimum absolute atomic E-state index is 0.0593. The molecule has 0 aliphatic carbocycles. The van der Waals surface area contributed by atoms with E-state index in [1.807, 2.05) is 0 Å². The molecule has 202 valence electrons. The first-order valence-electron chi connectivity index (χ1n) is 10.8. The Balaban J connectivity index is 1.81. The molecule has 38 heavy (non-hydrogen) atoms. The first-order chi connectivity index (χ1) is 17.8. The Morgan fingerprint density at radius 1 is 1.00 bits per heavy atom. The number of rotatable bonds is 8. The van der Waals surface area contributed by atoms with Gasteiger partial charge in [-0.1, -0.05) is 35.3 Å². The first-order valence-corrected chi connectivity index (χ1v) is 11.5. The highest BCUT2D eigenvalue weighted by Gasteiger charge is 2.40. The van der Waals surface area contributed by atoms with Gasteiger partial charge in [0.05, 0.1) is 23.8 Å². The maximum absolute atomic E-state index is 14.6. The van der Waals surface area contributed by atoms with Gasteiger partial charge in [0.15, 0.2) is 17.8 Å². The number of halogens is 7. The predicted octanol–water partition coefficient (Wildman–Crippen LogP) is 3.62. The molecule has 4 rings (SSSR count). The van der Waals surface area contributed by atoms with E-state index in [-0.39, 0.29) is 27.9 Å². The Morgan fingerprint density at radius 3 is 2.26 bits per heavy atom. The van der Waals surface area contributed by atoms with Gasteiger partial charge in [-0.05, 0) is 36.4 Å². The molecule has 2 heterocycles. The van der Waals surface area contributed by atoms with Crippen molar-refractivity contribution in [2.24, 2.45) is 5.73 Å². The summed E-state index contributed by atoms with van der Waals surface area (Å²) in [5, 5.41) is 18.1. The van der Waals surface area contributed by atoms with E-state index in [0.717, 1.165) is 4.68 Å². The van der Waals surface area contributed by atoms with Gasteiger partial charge in [-0.25, -0.2) is 19.1 Å². The zero-order valence-electron chi connectivity index (χ0n) is 19.1. The van der Waals surface area contributed by atoms with Crippen molar-refractivity contribution in [3.8, 4) is 17.1 Å². The van der Waals surface area contributed by atoms with E-state index in [0.29, 0.717) is 14.3 Å². The number of aliphatic hydroxyl groups is 1. The quantitative estimate of drug-likeness (QED) is 0.309. The van der Waals surface area contributed by atoms with Gasteiger partial charge in [0.25, 0.3) is 0 Å². The van der Waals surface area contributed by atoms with Gasteiger partial charge >= 0.3 is 17.8 Å². The van der Waals surface area contributed by atoms with Gasteiger partial charge in [-0.15, -0.1) is 10.2 Å².